The minimum atomic E-state index is -0.403. The first-order chi connectivity index (χ1) is 8.45. The molecule has 0 radical (unpaired) electrons. The van der Waals surface area contributed by atoms with Crippen molar-refractivity contribution in [2.24, 2.45) is 11.1 Å². The van der Waals surface area contributed by atoms with Crippen molar-refractivity contribution in [3.63, 3.8) is 0 Å². The van der Waals surface area contributed by atoms with Crippen molar-refractivity contribution < 1.29 is 4.92 Å². The summed E-state index contributed by atoms with van der Waals surface area (Å²) in [5, 5.41) is 10.7. The van der Waals surface area contributed by atoms with E-state index >= 15 is 0 Å². The van der Waals surface area contributed by atoms with Crippen LogP contribution in [0.25, 0.3) is 0 Å². The number of nitrogens with zero attached hydrogens (tertiary/aromatic N) is 3. The summed E-state index contributed by atoms with van der Waals surface area (Å²) in [6.45, 7) is 6.23. The largest absolute Gasteiger partial charge is 0.356 e. The van der Waals surface area contributed by atoms with Crippen LogP contribution in [0.15, 0.2) is 12.1 Å². The number of hydrogen-bond donors (Lipinski definition) is 1. The molecule has 1 aromatic rings. The van der Waals surface area contributed by atoms with E-state index in [9.17, 15) is 10.1 Å². The lowest BCUT2D eigenvalue weighted by atomic mass is 9.90. The van der Waals surface area contributed by atoms with Gasteiger partial charge in [-0.1, -0.05) is 6.92 Å². The fourth-order valence-corrected chi connectivity index (χ4v) is 2.30. The van der Waals surface area contributed by atoms with Crippen LogP contribution < -0.4 is 10.6 Å². The lowest BCUT2D eigenvalue weighted by Gasteiger charge is -2.23. The van der Waals surface area contributed by atoms with Gasteiger partial charge in [0.2, 0.25) is 0 Å². The Bertz CT molecular complexity index is 477. The van der Waals surface area contributed by atoms with Crippen molar-refractivity contribution >= 4 is 11.5 Å². The van der Waals surface area contributed by atoms with Crippen LogP contribution in [0.3, 0.4) is 0 Å². The van der Waals surface area contributed by atoms with Gasteiger partial charge in [0, 0.05) is 19.2 Å². The van der Waals surface area contributed by atoms with E-state index in [4.69, 9.17) is 5.73 Å². The molecule has 2 rings (SSSR count). The first-order valence-electron chi connectivity index (χ1n) is 6.02. The van der Waals surface area contributed by atoms with Crippen LogP contribution in [-0.2, 0) is 0 Å². The lowest BCUT2D eigenvalue weighted by Crippen LogP contribution is -2.31. The molecule has 98 valence electrons. The van der Waals surface area contributed by atoms with E-state index in [1.807, 2.05) is 0 Å². The van der Waals surface area contributed by atoms with Crippen molar-refractivity contribution in [3.8, 4) is 0 Å². The van der Waals surface area contributed by atoms with Gasteiger partial charge in [-0.05, 0) is 31.4 Å². The Kier molecular flexibility index (Phi) is 3.21. The summed E-state index contributed by atoms with van der Waals surface area (Å²) in [6, 6.07) is 3.24. The number of aryl methyl sites for hydroxylation is 1. The van der Waals surface area contributed by atoms with Gasteiger partial charge in [0.15, 0.2) is 0 Å². The summed E-state index contributed by atoms with van der Waals surface area (Å²) in [4.78, 5) is 16.8. The van der Waals surface area contributed by atoms with Crippen molar-refractivity contribution in [2.75, 3.05) is 24.5 Å². The monoisotopic (exact) mass is 250 g/mol. The molecule has 1 fully saturated rings. The summed E-state index contributed by atoms with van der Waals surface area (Å²) in [6.07, 6.45) is 1.03. The predicted octanol–water partition coefficient (Wildman–Crippen LogP) is 1.47. The maximum atomic E-state index is 10.7. The zero-order valence-electron chi connectivity index (χ0n) is 10.7. The highest BCUT2D eigenvalue weighted by Gasteiger charge is 2.33. The van der Waals surface area contributed by atoms with Gasteiger partial charge in [0.1, 0.15) is 11.5 Å². The standard InChI is InChI=1S/C12H18N4O2/c1-9-10(16(17)18)3-4-11(14-9)15-6-5-12(2,7-13)8-15/h3-4H,5-8,13H2,1-2H3. The van der Waals surface area contributed by atoms with Crippen molar-refractivity contribution in [2.45, 2.75) is 20.3 Å². The highest BCUT2D eigenvalue weighted by Crippen LogP contribution is 2.32. The second-order valence-electron chi connectivity index (χ2n) is 5.22. The lowest BCUT2D eigenvalue weighted by molar-refractivity contribution is -0.385. The van der Waals surface area contributed by atoms with Crippen LogP contribution in [0.2, 0.25) is 0 Å². The molecule has 6 heteroatoms. The second-order valence-corrected chi connectivity index (χ2v) is 5.22. The molecule has 2 heterocycles. The number of aromatic nitrogens is 1. The fourth-order valence-electron chi connectivity index (χ4n) is 2.30. The van der Waals surface area contributed by atoms with Gasteiger partial charge >= 0.3 is 0 Å². The first-order valence-corrected chi connectivity index (χ1v) is 6.02. The molecule has 1 atom stereocenters. The van der Waals surface area contributed by atoms with E-state index in [0.717, 1.165) is 25.3 Å². The quantitative estimate of drug-likeness (QED) is 0.648. The molecule has 18 heavy (non-hydrogen) atoms. The Morgan fingerprint density at radius 2 is 2.33 bits per heavy atom. The van der Waals surface area contributed by atoms with Gasteiger partial charge in [0.05, 0.1) is 4.92 Å². The highest BCUT2D eigenvalue weighted by atomic mass is 16.6. The van der Waals surface area contributed by atoms with E-state index in [1.165, 1.54) is 6.07 Å². The Morgan fingerprint density at radius 1 is 1.61 bits per heavy atom. The van der Waals surface area contributed by atoms with Gasteiger partial charge in [-0.25, -0.2) is 4.98 Å². The van der Waals surface area contributed by atoms with Crippen molar-refractivity contribution in [1.82, 2.24) is 4.98 Å². The Hall–Kier alpha value is -1.69. The fraction of sp³-hybridized carbons (Fsp3) is 0.583. The van der Waals surface area contributed by atoms with Crippen LogP contribution >= 0.6 is 0 Å². The zero-order valence-corrected chi connectivity index (χ0v) is 10.7. The second kappa shape index (κ2) is 4.53. The molecule has 0 bridgehead atoms. The summed E-state index contributed by atoms with van der Waals surface area (Å²) < 4.78 is 0. The summed E-state index contributed by atoms with van der Waals surface area (Å²) in [7, 11) is 0. The average Bonchev–Trinajstić information content (AvgIpc) is 2.72. The number of hydrogen-bond acceptors (Lipinski definition) is 5. The number of pyridine rings is 1. The number of nitrogens with two attached hydrogens (primary N) is 1. The molecule has 0 saturated carbocycles. The summed E-state index contributed by atoms with van der Waals surface area (Å²) >= 11 is 0. The normalized spacial score (nSPS) is 23.4. The molecule has 1 aromatic heterocycles. The van der Waals surface area contributed by atoms with Crippen LogP contribution in [-0.4, -0.2) is 29.5 Å². The van der Waals surface area contributed by atoms with E-state index in [2.05, 4.69) is 16.8 Å². The number of nitro groups is 1. The van der Waals surface area contributed by atoms with Crippen LogP contribution in [0.4, 0.5) is 11.5 Å². The smallest absolute Gasteiger partial charge is 0.290 e. The van der Waals surface area contributed by atoms with E-state index in [0.29, 0.717) is 12.2 Å². The van der Waals surface area contributed by atoms with Crippen LogP contribution in [0.1, 0.15) is 19.0 Å². The molecule has 1 aliphatic heterocycles. The molecule has 0 spiro atoms. The number of anilines is 1. The first kappa shape index (κ1) is 12.8. The highest BCUT2D eigenvalue weighted by molar-refractivity contribution is 5.47. The maximum absolute atomic E-state index is 10.7. The van der Waals surface area contributed by atoms with Gasteiger partial charge in [0.25, 0.3) is 5.69 Å². The van der Waals surface area contributed by atoms with E-state index in [1.54, 1.807) is 13.0 Å². The van der Waals surface area contributed by atoms with Crippen molar-refractivity contribution in [3.05, 3.63) is 27.9 Å². The van der Waals surface area contributed by atoms with E-state index in [-0.39, 0.29) is 11.1 Å². The molecule has 0 aliphatic carbocycles. The van der Waals surface area contributed by atoms with Gasteiger partial charge in [-0.15, -0.1) is 0 Å². The third-order valence-electron chi connectivity index (χ3n) is 3.61. The van der Waals surface area contributed by atoms with E-state index < -0.39 is 4.92 Å². The Balaban J connectivity index is 2.21. The SMILES string of the molecule is Cc1nc(N2CCC(C)(CN)C2)ccc1[N+](=O)[O-]. The average molecular weight is 250 g/mol. The van der Waals surface area contributed by atoms with Crippen LogP contribution in [0, 0.1) is 22.5 Å². The summed E-state index contributed by atoms with van der Waals surface area (Å²) in [5.74, 6) is 0.801. The minimum Gasteiger partial charge on any atom is -0.356 e. The van der Waals surface area contributed by atoms with Gasteiger partial charge in [-0.2, -0.15) is 0 Å². The predicted molar refractivity (Wildman–Crippen MR) is 69.6 cm³/mol. The molecule has 2 N–H and O–H groups in total. The van der Waals surface area contributed by atoms with Crippen molar-refractivity contribution in [1.29, 1.82) is 0 Å². The molecular weight excluding hydrogens is 232 g/mol. The van der Waals surface area contributed by atoms with Crippen LogP contribution in [0.5, 0.6) is 0 Å². The zero-order chi connectivity index (χ0) is 13.3. The third-order valence-corrected chi connectivity index (χ3v) is 3.61. The molecule has 0 amide bonds. The topological polar surface area (TPSA) is 85.3 Å². The minimum absolute atomic E-state index is 0.0690. The Labute approximate surface area is 106 Å². The number of rotatable bonds is 3. The molecule has 0 aromatic carbocycles. The molecule has 1 aliphatic rings. The maximum Gasteiger partial charge on any atom is 0.290 e. The Morgan fingerprint density at radius 3 is 2.83 bits per heavy atom. The third kappa shape index (κ3) is 2.28. The molecule has 1 saturated heterocycles. The molecule has 6 nitrogen and oxygen atoms in total. The summed E-state index contributed by atoms with van der Waals surface area (Å²) in [5.41, 5.74) is 6.41. The van der Waals surface area contributed by atoms with Gasteiger partial charge < -0.3 is 10.6 Å². The van der Waals surface area contributed by atoms with Gasteiger partial charge in [-0.3, -0.25) is 10.1 Å². The molecule has 1 unspecified atom stereocenters. The molecular formula is C12H18N4O2.